The Morgan fingerprint density at radius 1 is 1.32 bits per heavy atom. The quantitative estimate of drug-likeness (QED) is 0.500. The summed E-state index contributed by atoms with van der Waals surface area (Å²) in [7, 11) is 0. The number of aryl methyl sites for hydroxylation is 1. The molecule has 1 aromatic carbocycles. The summed E-state index contributed by atoms with van der Waals surface area (Å²) in [5, 5.41) is 17.0. The fraction of sp³-hybridized carbons (Fsp3) is 0.176. The van der Waals surface area contributed by atoms with Crippen molar-refractivity contribution in [2.24, 2.45) is 0 Å². The Hall–Kier alpha value is -3.05. The second-order valence-corrected chi connectivity index (χ2v) is 7.75. The lowest BCUT2D eigenvalue weighted by Gasteiger charge is -2.07. The summed E-state index contributed by atoms with van der Waals surface area (Å²) in [6.45, 7) is 3.33. The van der Waals surface area contributed by atoms with Crippen LogP contribution < -0.4 is 10.9 Å². The molecular weight excluding hydrogens is 398 g/mol. The van der Waals surface area contributed by atoms with E-state index in [1.54, 1.807) is 21.2 Å². The van der Waals surface area contributed by atoms with E-state index in [1.807, 2.05) is 24.4 Å². The zero-order valence-electron chi connectivity index (χ0n) is 15.0. The Kier molecular flexibility index (Phi) is 4.92. The summed E-state index contributed by atoms with van der Waals surface area (Å²) in [4.78, 5) is 28.8. The Labute approximate surface area is 167 Å². The van der Waals surface area contributed by atoms with Crippen LogP contribution >= 0.6 is 23.1 Å². The number of carbonyl (C=O) groups is 1. The number of tetrazole rings is 1. The molecule has 28 heavy (non-hydrogen) atoms. The fourth-order valence-electron chi connectivity index (χ4n) is 2.66. The lowest BCUT2D eigenvalue weighted by molar-refractivity contribution is -0.114. The average Bonchev–Trinajstić information content (AvgIpc) is 3.26. The molecule has 3 aromatic heterocycles. The average molecular weight is 413 g/mol. The van der Waals surface area contributed by atoms with E-state index >= 15 is 0 Å². The van der Waals surface area contributed by atoms with E-state index in [0.717, 1.165) is 11.4 Å². The van der Waals surface area contributed by atoms with Gasteiger partial charge in [-0.1, -0.05) is 17.8 Å². The lowest BCUT2D eigenvalue weighted by atomic mass is 10.3. The number of fused-ring (bicyclic) bond motifs is 1. The summed E-state index contributed by atoms with van der Waals surface area (Å²) in [5.74, 6) is 0.300. The second-order valence-electron chi connectivity index (χ2n) is 5.97. The lowest BCUT2D eigenvalue weighted by Crippen LogP contribution is -2.14. The van der Waals surface area contributed by atoms with Gasteiger partial charge in [0.15, 0.2) is 4.96 Å². The number of benzene rings is 1. The SMILES string of the molecule is CC(=O)Nc1cccc(-n2nnnc2SCc2cc(=O)n3c(C)csc3n2)c1. The van der Waals surface area contributed by atoms with Crippen LogP contribution in [0.2, 0.25) is 0 Å². The monoisotopic (exact) mass is 413 g/mol. The standard InChI is InChI=1S/C17H15N7O2S2/c1-10-8-27-16-19-13(7-15(26)23(10)16)9-28-17-20-21-22-24(17)14-5-3-4-12(6-14)18-11(2)25/h3-8H,9H2,1-2H3,(H,18,25). The molecule has 1 amide bonds. The molecule has 0 aliphatic heterocycles. The van der Waals surface area contributed by atoms with Gasteiger partial charge in [-0.3, -0.25) is 14.0 Å². The van der Waals surface area contributed by atoms with Gasteiger partial charge in [-0.05, 0) is 35.5 Å². The van der Waals surface area contributed by atoms with Crippen molar-refractivity contribution < 1.29 is 4.79 Å². The van der Waals surface area contributed by atoms with E-state index in [1.165, 1.54) is 36.1 Å². The van der Waals surface area contributed by atoms with Crippen molar-refractivity contribution in [2.45, 2.75) is 24.8 Å². The van der Waals surface area contributed by atoms with Gasteiger partial charge in [-0.2, -0.15) is 4.68 Å². The molecule has 0 radical (unpaired) electrons. The highest BCUT2D eigenvalue weighted by Crippen LogP contribution is 2.23. The Morgan fingerprint density at radius 2 is 2.18 bits per heavy atom. The molecule has 0 unspecified atom stereocenters. The number of nitrogens with zero attached hydrogens (tertiary/aromatic N) is 6. The predicted octanol–water partition coefficient (Wildman–Crippen LogP) is 2.29. The van der Waals surface area contributed by atoms with Crippen LogP contribution in [0.5, 0.6) is 0 Å². The number of thiazole rings is 1. The van der Waals surface area contributed by atoms with Crippen LogP contribution in [0.4, 0.5) is 5.69 Å². The molecule has 0 atom stereocenters. The van der Waals surface area contributed by atoms with Crippen LogP contribution in [0.25, 0.3) is 10.6 Å². The van der Waals surface area contributed by atoms with Gasteiger partial charge in [0.05, 0.1) is 11.4 Å². The molecule has 0 spiro atoms. The number of rotatable bonds is 5. The van der Waals surface area contributed by atoms with Crippen molar-refractivity contribution in [3.8, 4) is 5.69 Å². The maximum absolute atomic E-state index is 12.3. The molecule has 3 heterocycles. The molecule has 0 saturated heterocycles. The van der Waals surface area contributed by atoms with Gasteiger partial charge in [0.25, 0.3) is 5.56 Å². The largest absolute Gasteiger partial charge is 0.326 e. The number of hydrogen-bond acceptors (Lipinski definition) is 8. The van der Waals surface area contributed by atoms with Crippen LogP contribution in [-0.2, 0) is 10.5 Å². The maximum atomic E-state index is 12.3. The first kappa shape index (κ1) is 18.3. The summed E-state index contributed by atoms with van der Waals surface area (Å²) in [6.07, 6.45) is 0. The van der Waals surface area contributed by atoms with Crippen molar-refractivity contribution in [1.82, 2.24) is 29.6 Å². The topological polar surface area (TPSA) is 107 Å². The third-order valence-electron chi connectivity index (χ3n) is 3.83. The molecule has 0 aliphatic rings. The predicted molar refractivity (Wildman–Crippen MR) is 107 cm³/mol. The minimum absolute atomic E-state index is 0.0954. The minimum atomic E-state index is -0.153. The first-order valence-electron chi connectivity index (χ1n) is 8.27. The maximum Gasteiger partial charge on any atom is 0.258 e. The second kappa shape index (κ2) is 7.52. The summed E-state index contributed by atoms with van der Waals surface area (Å²) in [5.41, 5.74) is 2.82. The minimum Gasteiger partial charge on any atom is -0.326 e. The first-order valence-corrected chi connectivity index (χ1v) is 10.1. The Bertz CT molecular complexity index is 1230. The van der Waals surface area contributed by atoms with Crippen LogP contribution in [0.15, 0.2) is 45.7 Å². The number of aromatic nitrogens is 6. The van der Waals surface area contributed by atoms with Crippen LogP contribution in [0.1, 0.15) is 18.3 Å². The van der Waals surface area contributed by atoms with Crippen molar-refractivity contribution in [3.05, 3.63) is 57.5 Å². The highest BCUT2D eigenvalue weighted by Gasteiger charge is 2.12. The normalized spacial score (nSPS) is 11.1. The zero-order valence-corrected chi connectivity index (χ0v) is 16.6. The molecule has 4 rings (SSSR count). The van der Waals surface area contributed by atoms with E-state index in [4.69, 9.17) is 0 Å². The van der Waals surface area contributed by atoms with Crippen LogP contribution in [0, 0.1) is 6.92 Å². The smallest absolute Gasteiger partial charge is 0.258 e. The zero-order chi connectivity index (χ0) is 19.7. The van der Waals surface area contributed by atoms with Gasteiger partial charge < -0.3 is 5.32 Å². The molecular formula is C17H15N7O2S2. The van der Waals surface area contributed by atoms with Crippen molar-refractivity contribution in [3.63, 3.8) is 0 Å². The van der Waals surface area contributed by atoms with E-state index in [9.17, 15) is 9.59 Å². The van der Waals surface area contributed by atoms with Gasteiger partial charge in [0.1, 0.15) is 0 Å². The van der Waals surface area contributed by atoms with Crippen LogP contribution in [0.3, 0.4) is 0 Å². The summed E-state index contributed by atoms with van der Waals surface area (Å²) in [6, 6.07) is 8.76. The van der Waals surface area contributed by atoms with E-state index < -0.39 is 0 Å². The molecule has 0 saturated carbocycles. The Morgan fingerprint density at radius 3 is 3.00 bits per heavy atom. The third kappa shape index (κ3) is 3.66. The van der Waals surface area contributed by atoms with Crippen molar-refractivity contribution in [1.29, 1.82) is 0 Å². The fourth-order valence-corrected chi connectivity index (χ4v) is 4.34. The number of carbonyl (C=O) groups excluding carboxylic acids is 1. The number of anilines is 1. The molecule has 1 N–H and O–H groups in total. The Balaban J connectivity index is 1.57. The molecule has 0 bridgehead atoms. The third-order valence-corrected chi connectivity index (χ3v) is 5.73. The molecule has 4 aromatic rings. The molecule has 9 nitrogen and oxygen atoms in total. The number of thioether (sulfide) groups is 1. The first-order chi connectivity index (χ1) is 13.5. The molecule has 11 heteroatoms. The highest BCUT2D eigenvalue weighted by molar-refractivity contribution is 7.98. The van der Waals surface area contributed by atoms with Gasteiger partial charge in [0.2, 0.25) is 11.1 Å². The number of nitrogens with one attached hydrogen (secondary N) is 1. The summed E-state index contributed by atoms with van der Waals surface area (Å²) >= 11 is 2.81. The van der Waals surface area contributed by atoms with Gasteiger partial charge in [0, 0.05) is 35.5 Å². The van der Waals surface area contributed by atoms with E-state index in [0.29, 0.717) is 27.3 Å². The van der Waals surface area contributed by atoms with E-state index in [2.05, 4.69) is 25.8 Å². The van der Waals surface area contributed by atoms with Gasteiger partial charge in [-0.15, -0.1) is 16.4 Å². The van der Waals surface area contributed by atoms with Gasteiger partial charge >= 0.3 is 0 Å². The van der Waals surface area contributed by atoms with Crippen LogP contribution in [-0.4, -0.2) is 35.5 Å². The van der Waals surface area contributed by atoms with E-state index in [-0.39, 0.29) is 11.5 Å². The molecule has 0 aliphatic carbocycles. The van der Waals surface area contributed by atoms with Crippen molar-refractivity contribution in [2.75, 3.05) is 5.32 Å². The van der Waals surface area contributed by atoms with Crippen molar-refractivity contribution >= 4 is 39.7 Å². The number of hydrogen-bond donors (Lipinski definition) is 1. The summed E-state index contributed by atoms with van der Waals surface area (Å²) < 4.78 is 3.17. The number of amides is 1. The molecule has 0 fully saturated rings. The van der Waals surface area contributed by atoms with Gasteiger partial charge in [-0.25, -0.2) is 4.98 Å². The molecule has 142 valence electrons. The highest BCUT2D eigenvalue weighted by atomic mass is 32.2.